The zero-order valence-corrected chi connectivity index (χ0v) is 21.0. The molecule has 2 N–H and O–H groups in total. The van der Waals surface area contributed by atoms with E-state index in [0.717, 1.165) is 15.9 Å². The Hall–Kier alpha value is -3.18. The maximum absolute atomic E-state index is 12.9. The van der Waals surface area contributed by atoms with E-state index in [1.807, 2.05) is 6.92 Å². The number of rotatable bonds is 9. The summed E-state index contributed by atoms with van der Waals surface area (Å²) in [5.74, 6) is -1.90. The fourth-order valence-electron chi connectivity index (χ4n) is 3.51. The molecule has 0 saturated carbocycles. The van der Waals surface area contributed by atoms with E-state index in [-0.39, 0.29) is 11.6 Å². The van der Waals surface area contributed by atoms with Gasteiger partial charge < -0.3 is 15.2 Å². The molecule has 4 rings (SSSR count). The molecule has 0 spiro atoms. The van der Waals surface area contributed by atoms with Crippen LogP contribution >= 0.6 is 34.9 Å². The molecular weight excluding hydrogens is 522 g/mol. The number of carbonyl (C=O) groups is 3. The van der Waals surface area contributed by atoms with Crippen LogP contribution in [0, 0.1) is 17.0 Å². The number of thioether (sulfide) groups is 2. The van der Waals surface area contributed by atoms with Gasteiger partial charge in [-0.2, -0.15) is 0 Å². The second kappa shape index (κ2) is 9.82. The summed E-state index contributed by atoms with van der Waals surface area (Å²) in [6, 6.07) is -1.92. The molecule has 0 radical (unpaired) electrons. The molecule has 0 unspecified atom stereocenters. The molecule has 2 aromatic heterocycles. The largest absolute Gasteiger partial charge is 0.477 e. The van der Waals surface area contributed by atoms with Crippen LogP contribution in [0.1, 0.15) is 18.0 Å². The first-order valence-electron chi connectivity index (χ1n) is 10.0. The SMILES string of the molecule is COc1nn([C@H](C)C(=O)N[C@H]2C(=O)N3C(C(=O)O)=C(CSc4nnc(C)s4)CS[C@H]23)cc1[N+](=O)[O-]. The molecule has 0 aliphatic carbocycles. The van der Waals surface area contributed by atoms with Gasteiger partial charge >= 0.3 is 17.5 Å². The number of hydrogen-bond donors (Lipinski definition) is 2. The van der Waals surface area contributed by atoms with Crippen LogP contribution in [0.15, 0.2) is 21.8 Å². The third-order valence-electron chi connectivity index (χ3n) is 5.27. The van der Waals surface area contributed by atoms with Crippen LogP contribution in [0.5, 0.6) is 5.88 Å². The Morgan fingerprint density at radius 2 is 2.20 bits per heavy atom. The number of fused-ring (bicyclic) bond motifs is 1. The molecule has 2 aliphatic rings. The fraction of sp³-hybridized carbons (Fsp3) is 0.444. The zero-order chi connectivity index (χ0) is 25.4. The molecule has 14 nitrogen and oxygen atoms in total. The first kappa shape index (κ1) is 24.9. The summed E-state index contributed by atoms with van der Waals surface area (Å²) in [7, 11) is 1.22. The van der Waals surface area contributed by atoms with Crippen LogP contribution in [0.2, 0.25) is 0 Å². The molecule has 2 aromatic rings. The lowest BCUT2D eigenvalue weighted by Gasteiger charge is -2.49. The number of nitrogens with zero attached hydrogens (tertiary/aromatic N) is 6. The Labute approximate surface area is 210 Å². The molecule has 186 valence electrons. The normalized spacial score (nSPS) is 20.2. The van der Waals surface area contributed by atoms with E-state index in [2.05, 4.69) is 20.6 Å². The third kappa shape index (κ3) is 4.70. The number of ether oxygens (including phenoxy) is 1. The average molecular weight is 542 g/mol. The number of carboxylic acids is 1. The predicted octanol–water partition coefficient (Wildman–Crippen LogP) is 1.05. The molecule has 3 atom stereocenters. The summed E-state index contributed by atoms with van der Waals surface area (Å²) in [4.78, 5) is 49.3. The van der Waals surface area contributed by atoms with Gasteiger partial charge in [-0.15, -0.1) is 27.1 Å². The topological polar surface area (TPSA) is 183 Å². The molecular formula is C18H19N7O7S3. The van der Waals surface area contributed by atoms with Crippen molar-refractivity contribution < 1.29 is 29.2 Å². The van der Waals surface area contributed by atoms with E-state index >= 15 is 0 Å². The van der Waals surface area contributed by atoms with Gasteiger partial charge in [0.05, 0.1) is 12.0 Å². The quantitative estimate of drug-likeness (QED) is 0.199. The van der Waals surface area contributed by atoms with Crippen molar-refractivity contribution in [1.82, 2.24) is 30.2 Å². The number of carbonyl (C=O) groups excluding carboxylic acids is 2. The summed E-state index contributed by atoms with van der Waals surface area (Å²) >= 11 is 4.10. The number of carboxylic acid groups (broad SMARTS) is 1. The van der Waals surface area contributed by atoms with Crippen molar-refractivity contribution in [2.45, 2.75) is 35.6 Å². The smallest absolute Gasteiger partial charge is 0.352 e. The van der Waals surface area contributed by atoms with E-state index in [9.17, 15) is 29.6 Å². The van der Waals surface area contributed by atoms with Crippen molar-refractivity contribution in [3.8, 4) is 5.88 Å². The molecule has 35 heavy (non-hydrogen) atoms. The van der Waals surface area contributed by atoms with Crippen molar-refractivity contribution >= 4 is 58.3 Å². The fourth-order valence-corrected chi connectivity index (χ4v) is 6.81. The highest BCUT2D eigenvalue weighted by atomic mass is 32.2. The number of β-lactam (4-membered cyclic amide) rings is 1. The van der Waals surface area contributed by atoms with Gasteiger partial charge in [-0.25, -0.2) is 9.48 Å². The standard InChI is InChI=1S/C18H19N7O7S3/c1-7(23-4-10(25(30)31)14(22-23)32-3)13(26)19-11-15(27)24-12(17(28)29)9(5-33-16(11)24)6-34-18-21-20-8(2)35-18/h4,7,11,16H,5-6H2,1-3H3,(H,19,26)(H,28,29)/t7-,11+,16-/m1/s1. The van der Waals surface area contributed by atoms with Gasteiger partial charge in [0.25, 0.3) is 5.91 Å². The summed E-state index contributed by atoms with van der Waals surface area (Å²) in [5, 5.41) is 35.6. The molecule has 0 aromatic carbocycles. The molecule has 2 aliphatic heterocycles. The van der Waals surface area contributed by atoms with Gasteiger partial charge in [0.15, 0.2) is 4.34 Å². The summed E-state index contributed by atoms with van der Waals surface area (Å²) in [6.45, 7) is 3.29. The summed E-state index contributed by atoms with van der Waals surface area (Å²) in [5.41, 5.74) is 0.101. The number of amides is 2. The Kier molecular flexibility index (Phi) is 7.00. The lowest BCUT2D eigenvalue weighted by atomic mass is 10.0. The van der Waals surface area contributed by atoms with Crippen LogP contribution in [0.3, 0.4) is 0 Å². The molecule has 17 heteroatoms. The Morgan fingerprint density at radius 1 is 1.46 bits per heavy atom. The van der Waals surface area contributed by atoms with Crippen molar-refractivity contribution in [2.75, 3.05) is 18.6 Å². The lowest BCUT2D eigenvalue weighted by Crippen LogP contribution is -2.71. The predicted molar refractivity (Wildman–Crippen MR) is 125 cm³/mol. The van der Waals surface area contributed by atoms with E-state index < -0.39 is 45.9 Å². The molecule has 1 fully saturated rings. The Bertz CT molecular complexity index is 1240. The first-order valence-corrected chi connectivity index (χ1v) is 12.9. The van der Waals surface area contributed by atoms with Crippen LogP contribution in [0.4, 0.5) is 5.69 Å². The molecule has 2 amide bonds. The number of aromatic nitrogens is 4. The van der Waals surface area contributed by atoms with Gasteiger partial charge in [-0.3, -0.25) is 24.6 Å². The van der Waals surface area contributed by atoms with E-state index in [4.69, 9.17) is 4.74 Å². The maximum atomic E-state index is 12.9. The first-order chi connectivity index (χ1) is 16.6. The highest BCUT2D eigenvalue weighted by Crippen LogP contribution is 2.42. The Morgan fingerprint density at radius 3 is 2.77 bits per heavy atom. The zero-order valence-electron chi connectivity index (χ0n) is 18.5. The minimum Gasteiger partial charge on any atom is -0.477 e. The van der Waals surface area contributed by atoms with Crippen LogP contribution in [-0.4, -0.2) is 82.7 Å². The van der Waals surface area contributed by atoms with E-state index in [0.29, 0.717) is 21.4 Å². The number of hydrogen-bond acceptors (Lipinski definition) is 12. The summed E-state index contributed by atoms with van der Waals surface area (Å²) < 4.78 is 6.66. The molecule has 1 saturated heterocycles. The monoisotopic (exact) mass is 541 g/mol. The van der Waals surface area contributed by atoms with Gasteiger partial charge in [0.1, 0.15) is 34.4 Å². The summed E-state index contributed by atoms with van der Waals surface area (Å²) in [6.07, 6.45) is 1.07. The van der Waals surface area contributed by atoms with Crippen LogP contribution < -0.4 is 10.1 Å². The minimum absolute atomic E-state index is 0.0847. The molecule has 0 bridgehead atoms. The van der Waals surface area contributed by atoms with E-state index in [1.54, 1.807) is 0 Å². The van der Waals surface area contributed by atoms with Crippen molar-refractivity contribution in [3.63, 3.8) is 0 Å². The average Bonchev–Trinajstić information content (AvgIpc) is 3.45. The van der Waals surface area contributed by atoms with Gasteiger partial charge in [-0.1, -0.05) is 23.1 Å². The molecule has 4 heterocycles. The number of nitro groups is 1. The number of nitrogens with one attached hydrogen (secondary N) is 1. The van der Waals surface area contributed by atoms with E-state index in [1.165, 1.54) is 53.8 Å². The van der Waals surface area contributed by atoms with Crippen molar-refractivity contribution in [1.29, 1.82) is 0 Å². The minimum atomic E-state index is -1.22. The van der Waals surface area contributed by atoms with Gasteiger partial charge in [0.2, 0.25) is 5.91 Å². The highest BCUT2D eigenvalue weighted by molar-refractivity contribution is 8.01. The van der Waals surface area contributed by atoms with Crippen LogP contribution in [0.25, 0.3) is 0 Å². The van der Waals surface area contributed by atoms with Crippen molar-refractivity contribution in [3.05, 3.63) is 32.6 Å². The van der Waals surface area contributed by atoms with Crippen LogP contribution in [-0.2, 0) is 14.4 Å². The maximum Gasteiger partial charge on any atom is 0.352 e. The lowest BCUT2D eigenvalue weighted by molar-refractivity contribution is -0.385. The number of aliphatic carboxylic acids is 1. The third-order valence-corrected chi connectivity index (χ3v) is 8.67. The highest BCUT2D eigenvalue weighted by Gasteiger charge is 2.54. The van der Waals surface area contributed by atoms with Gasteiger partial charge in [0, 0.05) is 11.5 Å². The second-order valence-electron chi connectivity index (χ2n) is 7.47. The van der Waals surface area contributed by atoms with Crippen molar-refractivity contribution in [2.24, 2.45) is 0 Å². The number of aryl methyl sites for hydroxylation is 1. The second-order valence-corrected chi connectivity index (χ2v) is 11.0. The number of methoxy groups -OCH3 is 1. The Balaban J connectivity index is 1.45. The van der Waals surface area contributed by atoms with Gasteiger partial charge in [-0.05, 0) is 19.4 Å².